The van der Waals surface area contributed by atoms with Gasteiger partial charge in [0.05, 0.1) is 11.6 Å². The van der Waals surface area contributed by atoms with Crippen molar-refractivity contribution in [1.29, 1.82) is 0 Å². The van der Waals surface area contributed by atoms with Crippen LogP contribution in [-0.4, -0.2) is 11.0 Å². The topological polar surface area (TPSA) is 53.2 Å². The molecule has 25 heavy (non-hydrogen) atoms. The molecule has 0 unspecified atom stereocenters. The minimum absolute atomic E-state index is 0.216. The average molecular weight is 437 g/mol. The number of nitrogens with one attached hydrogen (secondary N) is 3. The molecule has 1 amide bonds. The Morgan fingerprint density at radius 1 is 1.24 bits per heavy atom. The van der Waals surface area contributed by atoms with E-state index in [1.54, 1.807) is 24.3 Å². The number of carbonyl (C=O) groups excluding carboxylic acids is 1. The van der Waals surface area contributed by atoms with Gasteiger partial charge in [-0.15, -0.1) is 0 Å². The molecule has 0 spiro atoms. The fourth-order valence-electron chi connectivity index (χ4n) is 2.70. The Hall–Kier alpha value is -1.89. The smallest absolute Gasteiger partial charge is 0.255 e. The minimum atomic E-state index is -0.342. The molecular weight excluding hydrogens is 422 g/mol. The quantitative estimate of drug-likeness (QED) is 0.619. The molecule has 2 aromatic rings. The Morgan fingerprint density at radius 3 is 2.72 bits per heavy atom. The second-order valence-corrected chi connectivity index (χ2v) is 7.35. The van der Waals surface area contributed by atoms with E-state index in [0.717, 1.165) is 10.0 Å². The maximum absolute atomic E-state index is 12.9. The summed E-state index contributed by atoms with van der Waals surface area (Å²) >= 11 is 14.7. The van der Waals surface area contributed by atoms with Crippen LogP contribution in [0.2, 0.25) is 5.02 Å². The van der Waals surface area contributed by atoms with E-state index in [4.69, 9.17) is 23.8 Å². The first-order valence-corrected chi connectivity index (χ1v) is 9.12. The Balaban J connectivity index is 1.96. The maximum atomic E-state index is 12.9. The summed E-state index contributed by atoms with van der Waals surface area (Å²) in [5, 5.41) is 10.1. The molecule has 0 fully saturated rings. The molecule has 0 aromatic heterocycles. The van der Waals surface area contributed by atoms with Gasteiger partial charge in [0, 0.05) is 20.9 Å². The fraction of sp³-hybridized carbons (Fsp3) is 0.111. The standard InChI is InChI=1S/C18H15BrClN3OS/c1-10-15(17(24)22-14-7-3-6-13(20)9-14)16(23-18(25)21-10)11-4-2-5-12(19)8-11/h2-9,16H,1H3,(H,22,24)(H2,21,23,25)/t16-/m1/s1. The van der Waals surface area contributed by atoms with Crippen LogP contribution in [0.15, 0.2) is 64.3 Å². The molecule has 1 aliphatic heterocycles. The number of halogens is 2. The van der Waals surface area contributed by atoms with Crippen LogP contribution >= 0.6 is 39.7 Å². The van der Waals surface area contributed by atoms with Crippen LogP contribution in [0, 0.1) is 0 Å². The summed E-state index contributed by atoms with van der Waals surface area (Å²) in [5.74, 6) is -0.216. The first-order valence-electron chi connectivity index (χ1n) is 7.54. The van der Waals surface area contributed by atoms with Crippen LogP contribution in [0.4, 0.5) is 5.69 Å². The molecule has 0 saturated carbocycles. The first kappa shape index (κ1) is 17.9. The highest BCUT2D eigenvalue weighted by molar-refractivity contribution is 9.10. The van der Waals surface area contributed by atoms with E-state index in [-0.39, 0.29) is 11.9 Å². The van der Waals surface area contributed by atoms with Crippen molar-refractivity contribution >= 4 is 56.5 Å². The average Bonchev–Trinajstić information content (AvgIpc) is 2.54. The van der Waals surface area contributed by atoms with Crippen LogP contribution in [-0.2, 0) is 4.79 Å². The van der Waals surface area contributed by atoms with Crippen molar-refractivity contribution in [2.75, 3.05) is 5.32 Å². The van der Waals surface area contributed by atoms with Crippen LogP contribution in [0.25, 0.3) is 0 Å². The predicted molar refractivity (Wildman–Crippen MR) is 109 cm³/mol. The molecule has 2 aromatic carbocycles. The number of anilines is 1. The number of carbonyl (C=O) groups is 1. The molecule has 1 atom stereocenters. The summed E-state index contributed by atoms with van der Waals surface area (Å²) in [6.45, 7) is 1.84. The molecule has 1 aliphatic rings. The molecule has 128 valence electrons. The third-order valence-electron chi connectivity index (χ3n) is 3.78. The van der Waals surface area contributed by atoms with Crippen molar-refractivity contribution in [3.8, 4) is 0 Å². The van der Waals surface area contributed by atoms with Crippen molar-refractivity contribution in [1.82, 2.24) is 10.6 Å². The van der Waals surface area contributed by atoms with Gasteiger partial charge in [-0.1, -0.05) is 45.7 Å². The van der Waals surface area contributed by atoms with Gasteiger partial charge in [-0.2, -0.15) is 0 Å². The van der Waals surface area contributed by atoms with Crippen LogP contribution in [0.3, 0.4) is 0 Å². The zero-order valence-corrected chi connectivity index (χ0v) is 16.4. The van der Waals surface area contributed by atoms with Crippen molar-refractivity contribution < 1.29 is 4.79 Å². The molecule has 0 bridgehead atoms. The molecule has 1 heterocycles. The van der Waals surface area contributed by atoms with E-state index in [1.165, 1.54) is 0 Å². The molecule has 3 N–H and O–H groups in total. The zero-order chi connectivity index (χ0) is 18.0. The van der Waals surface area contributed by atoms with Crippen LogP contribution in [0.1, 0.15) is 18.5 Å². The molecule has 0 saturated heterocycles. The lowest BCUT2D eigenvalue weighted by molar-refractivity contribution is -0.113. The number of amides is 1. The second kappa shape index (κ2) is 7.56. The van der Waals surface area contributed by atoms with Gasteiger partial charge in [0.2, 0.25) is 0 Å². The van der Waals surface area contributed by atoms with E-state index in [9.17, 15) is 4.79 Å². The normalized spacial score (nSPS) is 16.9. The molecule has 7 heteroatoms. The lowest BCUT2D eigenvalue weighted by atomic mass is 9.95. The Bertz CT molecular complexity index is 884. The van der Waals surface area contributed by atoms with Gasteiger partial charge in [0.15, 0.2) is 5.11 Å². The molecule has 4 nitrogen and oxygen atoms in total. The number of hydrogen-bond donors (Lipinski definition) is 3. The van der Waals surface area contributed by atoms with Gasteiger partial charge in [-0.3, -0.25) is 4.79 Å². The zero-order valence-electron chi connectivity index (χ0n) is 13.3. The number of allylic oxidation sites excluding steroid dienone is 1. The van der Waals surface area contributed by atoms with Crippen molar-refractivity contribution in [3.63, 3.8) is 0 Å². The largest absolute Gasteiger partial charge is 0.351 e. The van der Waals surface area contributed by atoms with Crippen molar-refractivity contribution in [3.05, 3.63) is 74.9 Å². The van der Waals surface area contributed by atoms with Gasteiger partial charge in [0.1, 0.15) is 0 Å². The van der Waals surface area contributed by atoms with Crippen molar-refractivity contribution in [2.45, 2.75) is 13.0 Å². The highest BCUT2D eigenvalue weighted by atomic mass is 79.9. The summed E-state index contributed by atoms with van der Waals surface area (Å²) in [6.07, 6.45) is 0. The van der Waals surface area contributed by atoms with E-state index in [2.05, 4.69) is 31.9 Å². The number of rotatable bonds is 3. The fourth-order valence-corrected chi connectivity index (χ4v) is 3.57. The summed E-state index contributed by atoms with van der Waals surface area (Å²) in [7, 11) is 0. The minimum Gasteiger partial charge on any atom is -0.351 e. The molecule has 0 aliphatic carbocycles. The number of benzene rings is 2. The van der Waals surface area contributed by atoms with E-state index in [0.29, 0.717) is 27.1 Å². The lowest BCUT2D eigenvalue weighted by Gasteiger charge is -2.30. The van der Waals surface area contributed by atoms with Gasteiger partial charge in [-0.05, 0) is 55.0 Å². The van der Waals surface area contributed by atoms with Gasteiger partial charge < -0.3 is 16.0 Å². The first-order chi connectivity index (χ1) is 11.9. The summed E-state index contributed by atoms with van der Waals surface area (Å²) < 4.78 is 0.934. The molecule has 3 rings (SSSR count). The second-order valence-electron chi connectivity index (χ2n) is 5.59. The molecular formula is C18H15BrClN3OS. The number of hydrogen-bond acceptors (Lipinski definition) is 2. The third kappa shape index (κ3) is 4.21. The Labute approximate surface area is 164 Å². The van der Waals surface area contributed by atoms with E-state index >= 15 is 0 Å². The van der Waals surface area contributed by atoms with E-state index in [1.807, 2.05) is 31.2 Å². The van der Waals surface area contributed by atoms with Crippen LogP contribution in [0.5, 0.6) is 0 Å². The van der Waals surface area contributed by atoms with Gasteiger partial charge >= 0.3 is 0 Å². The summed E-state index contributed by atoms with van der Waals surface area (Å²) in [4.78, 5) is 12.9. The monoisotopic (exact) mass is 435 g/mol. The van der Waals surface area contributed by atoms with Gasteiger partial charge in [-0.25, -0.2) is 0 Å². The third-order valence-corrected chi connectivity index (χ3v) is 4.73. The molecule has 0 radical (unpaired) electrons. The number of thiocarbonyl (C=S) groups is 1. The summed E-state index contributed by atoms with van der Waals surface area (Å²) in [5.41, 5.74) is 2.87. The maximum Gasteiger partial charge on any atom is 0.255 e. The van der Waals surface area contributed by atoms with E-state index < -0.39 is 0 Å². The van der Waals surface area contributed by atoms with Gasteiger partial charge in [0.25, 0.3) is 5.91 Å². The lowest BCUT2D eigenvalue weighted by Crippen LogP contribution is -2.45. The highest BCUT2D eigenvalue weighted by Crippen LogP contribution is 2.29. The highest BCUT2D eigenvalue weighted by Gasteiger charge is 2.30. The Morgan fingerprint density at radius 2 is 2.00 bits per heavy atom. The van der Waals surface area contributed by atoms with Crippen molar-refractivity contribution in [2.24, 2.45) is 0 Å². The SMILES string of the molecule is CC1=C(C(=O)Nc2cccc(Cl)c2)[C@@H](c2cccc(Br)c2)NC(=S)N1. The Kier molecular flexibility index (Phi) is 5.42. The predicted octanol–water partition coefficient (Wildman–Crippen LogP) is 4.53. The van der Waals surface area contributed by atoms with Crippen LogP contribution < -0.4 is 16.0 Å². The summed E-state index contributed by atoms with van der Waals surface area (Å²) in [6, 6.07) is 14.5.